The smallest absolute Gasteiger partial charge is 0.226 e. The first kappa shape index (κ1) is 47.1. The molecule has 596 valence electrons. The Labute approximate surface area is 705 Å². The molecule has 0 spiro atoms. The van der Waals surface area contributed by atoms with Gasteiger partial charge < -0.3 is 14.4 Å². The molecule has 0 aliphatic heterocycles. The number of carbonyl (C=O) groups excluding carboxylic acids is 1. The van der Waals surface area contributed by atoms with Crippen molar-refractivity contribution < 1.29 is 106 Å². The third-order valence-corrected chi connectivity index (χ3v) is 24.7. The Hall–Kier alpha value is -10.7. The Morgan fingerprint density at radius 3 is 1.34 bits per heavy atom. The highest BCUT2D eigenvalue weighted by atomic mass is 19.1. The standard InChI is InChI=1S/2C29H27FN4O.C29H25FN4O.2CH4.27H2/c1-16-22-10-9-21-25(20-5-3-4-6-23(20)30)33-28(18-11-12-31-24(13-18)17-7-8-17)34-27(21)29(22,2)14-19-15-32-35-26(16)19;2*1-16-21-11-10-20-25(19-6-4-5-7-22(19)30)33-28(18-12-13-32-23(14-18)17-8-9-17)34-27(20)29(21,2)15-24(31-3)26(16)35;;;;;;;;;;;;;;;;;;;;;;;;;;;;;/h3-6,11-13,15-17,22H,7-10,14H2,1-2H3;4-7,12-14,16-17,21,35H,8-11,15H2,1-2H3;4-7,12-17,21H,8-11H2,1-2H3;2*1H4;27*1H/t16-,22-,29-;2*16-,21-,29-;;;;;;;;;;;;;;;;;;;;;;;;;;;;;/m111............................./s1/i;;;;;26*1+2T;1+2. The van der Waals surface area contributed by atoms with Crippen molar-refractivity contribution >= 4 is 5.78 Å². The van der Waals surface area contributed by atoms with Crippen LogP contribution in [0.3, 0.4) is 0 Å². The maximum absolute atomic E-state index is 15.1. The second kappa shape index (κ2) is 27.9. The van der Waals surface area contributed by atoms with Gasteiger partial charge in [-0.05, 0) is 180 Å². The number of aliphatic hydroxyl groups excluding tert-OH is 1. The van der Waals surface area contributed by atoms with Crippen LogP contribution in [-0.4, -0.2) is 60.9 Å². The Bertz CT molecular complexity index is 5520. The number of aromatic nitrogens is 10. The second-order valence-electron chi connectivity index (χ2n) is 31.3. The van der Waals surface area contributed by atoms with E-state index >= 15 is 13.2 Å². The van der Waals surface area contributed by atoms with Crippen LogP contribution in [0.1, 0.15) is 285 Å². The second-order valence-corrected chi connectivity index (χ2v) is 31.3. The molecule has 3 aromatic carbocycles. The zero-order valence-electron chi connectivity index (χ0n) is 112. The summed E-state index contributed by atoms with van der Waals surface area (Å²) in [5, 5.41) is 14.8. The number of benzene rings is 3. The molecular weight excluding hydrogens is 1340 g/mol. The van der Waals surface area contributed by atoms with Crippen LogP contribution in [0.2, 0.25) is 0 Å². The molecule has 10 aromatic rings. The maximum Gasteiger partial charge on any atom is 0.226 e. The molecule has 9 aliphatic carbocycles. The molecule has 3 saturated carbocycles. The highest BCUT2D eigenvalue weighted by Gasteiger charge is 2.54. The van der Waals surface area contributed by atoms with Crippen molar-refractivity contribution in [3.8, 4) is 67.9 Å². The van der Waals surface area contributed by atoms with Crippen molar-refractivity contribution in [2.24, 2.45) is 29.6 Å². The number of ketones is 1. The highest BCUT2D eigenvalue weighted by Crippen LogP contribution is 2.58. The lowest BCUT2D eigenvalue weighted by Gasteiger charge is -2.48. The first-order valence-corrected chi connectivity index (χ1v) is 37.1. The van der Waals surface area contributed by atoms with Crippen LogP contribution in [0.15, 0.2) is 162 Å². The van der Waals surface area contributed by atoms with Gasteiger partial charge in [-0.2, -0.15) is 0 Å². The molecular formula is C89H141F3N12O3. The van der Waals surface area contributed by atoms with E-state index in [-0.39, 0.29) is 86.0 Å². The summed E-state index contributed by atoms with van der Waals surface area (Å²) in [6, 6.07) is 32.4. The average Bonchev–Trinajstić information content (AvgIpc) is 1.21. The van der Waals surface area contributed by atoms with E-state index in [2.05, 4.69) is 69.6 Å². The molecule has 15 nitrogen and oxygen atoms in total. The van der Waals surface area contributed by atoms with E-state index in [1.165, 1.54) is 31.0 Å². The fourth-order valence-electron chi connectivity index (χ4n) is 18.7. The van der Waals surface area contributed by atoms with Crippen molar-refractivity contribution in [3.63, 3.8) is 0 Å². The van der Waals surface area contributed by atoms with Crippen molar-refractivity contribution in [1.82, 2.24) is 50.0 Å². The molecule has 19 rings (SSSR count). The number of Topliss-reactive ketones (excluding diaryl/α,β-unsaturated/α-hetero) is 1. The van der Waals surface area contributed by atoms with Gasteiger partial charge in [0.25, 0.3) is 0 Å². The van der Waals surface area contributed by atoms with Crippen LogP contribution in [0.25, 0.3) is 77.6 Å². The summed E-state index contributed by atoms with van der Waals surface area (Å²) < 4.78 is 311. The summed E-state index contributed by atoms with van der Waals surface area (Å²) in [6.45, 7) is 27.9. The highest BCUT2D eigenvalue weighted by molar-refractivity contribution is 6.00. The molecule has 18 heteroatoms. The molecule has 7 aromatic heterocycles. The van der Waals surface area contributed by atoms with Crippen molar-refractivity contribution in [2.75, 3.05) is 0 Å². The molecule has 0 saturated heterocycles. The number of halogens is 3. The number of hydrogen-bond donors (Lipinski definition) is 1. The molecule has 0 bridgehead atoms. The van der Waals surface area contributed by atoms with E-state index in [0.717, 1.165) is 142 Å². The minimum Gasteiger partial charge on any atom is -0.523 e. The minimum absolute atomic E-state index is 0. The predicted octanol–water partition coefficient (Wildman–Crippen LogP) is 27.1. The van der Waals surface area contributed by atoms with Gasteiger partial charge >= 0.3 is 0 Å². The van der Waals surface area contributed by atoms with E-state index in [4.69, 9.17) is 125 Å². The quantitative estimate of drug-likeness (QED) is 0.135. The summed E-state index contributed by atoms with van der Waals surface area (Å²) in [4.78, 5) is 64.1. The van der Waals surface area contributed by atoms with Crippen molar-refractivity contribution in [1.29, 1.82) is 0 Å². The van der Waals surface area contributed by atoms with Gasteiger partial charge in [-0.3, -0.25) is 15.0 Å². The van der Waals surface area contributed by atoms with Gasteiger partial charge in [0.2, 0.25) is 11.4 Å². The van der Waals surface area contributed by atoms with Gasteiger partial charge in [0, 0.05) is 222 Å². The largest absolute Gasteiger partial charge is 0.523 e. The first-order valence-electron chi connectivity index (χ1n) is 63.1. The summed E-state index contributed by atoms with van der Waals surface area (Å²) in [5.74, 6) is 3.82. The minimum atomic E-state index is -0.620. The molecule has 0 amide bonds. The van der Waals surface area contributed by atoms with Gasteiger partial charge in [0.05, 0.1) is 59.3 Å². The Kier molecular flexibility index (Phi) is 12.3. The fraction of sp³-hybridized carbons (Fsp3) is 0.382. The molecule has 7 heterocycles. The van der Waals surface area contributed by atoms with Gasteiger partial charge in [-0.15, -0.1) is 0 Å². The monoisotopic (exact) mass is 1590 g/mol. The molecule has 1 N–H and O–H groups in total. The topological polar surface area (TPSA) is 188 Å². The lowest BCUT2D eigenvalue weighted by Crippen LogP contribution is -2.46. The van der Waals surface area contributed by atoms with E-state index in [9.17, 15) is 9.90 Å². The Morgan fingerprint density at radius 2 is 0.916 bits per heavy atom. The molecule has 9 atom stereocenters. The van der Waals surface area contributed by atoms with Crippen LogP contribution in [0, 0.1) is 60.2 Å². The molecule has 0 unspecified atom stereocenters. The van der Waals surface area contributed by atoms with E-state index < -0.39 is 10.8 Å². The average molecular weight is 1590 g/mol. The summed E-state index contributed by atoms with van der Waals surface area (Å²) in [5.41, 5.74) is 15.3. The number of aliphatic hydroxyl groups is 1. The lowest BCUT2D eigenvalue weighted by atomic mass is 9.56. The van der Waals surface area contributed by atoms with Crippen LogP contribution in [0.4, 0.5) is 13.2 Å². The van der Waals surface area contributed by atoms with E-state index in [0.29, 0.717) is 94.2 Å². The first-order chi connectivity index (χ1) is 76.8. The number of nitrogens with zero attached hydrogens (tertiary/aromatic N) is 12. The van der Waals surface area contributed by atoms with Crippen LogP contribution < -0.4 is 0 Å². The van der Waals surface area contributed by atoms with Gasteiger partial charge in [0.1, 0.15) is 23.2 Å². The Morgan fingerprint density at radius 1 is 0.514 bits per heavy atom. The number of rotatable bonds is 9. The number of hydrogen-bond acceptors (Lipinski definition) is 13. The number of fused-ring (bicyclic) bond motifs is 10. The normalized spacial score (nSPS) is 26.8. The van der Waals surface area contributed by atoms with Crippen LogP contribution >= 0.6 is 0 Å². The molecule has 107 heavy (non-hydrogen) atoms. The molecule has 0 radical (unpaired) electrons. The van der Waals surface area contributed by atoms with E-state index in [1.54, 1.807) is 48.8 Å². The van der Waals surface area contributed by atoms with Gasteiger partial charge in [0.15, 0.2) is 23.3 Å². The maximum atomic E-state index is 15.1. The third-order valence-electron chi connectivity index (χ3n) is 24.7. The van der Waals surface area contributed by atoms with Crippen LogP contribution in [-0.2, 0) is 46.7 Å². The number of allylic oxidation sites excluding steroid dienone is 4. The lowest BCUT2D eigenvalue weighted by molar-refractivity contribution is -0.121. The molecule has 3 fully saturated rings. The zero-order chi connectivity index (χ0) is 124. The zero-order valence-corrected chi connectivity index (χ0v) is 59.6. The number of carbonyl (C=O) groups is 1. The number of pyridine rings is 3. The van der Waals surface area contributed by atoms with Gasteiger partial charge in [-0.25, -0.2) is 52.8 Å². The van der Waals surface area contributed by atoms with E-state index in [1.807, 2.05) is 74.8 Å². The van der Waals surface area contributed by atoms with Crippen molar-refractivity contribution in [2.45, 2.75) is 186 Å². The summed E-state index contributed by atoms with van der Waals surface area (Å²) in [7, 11) is 0. The van der Waals surface area contributed by atoms with Crippen molar-refractivity contribution in [3.05, 3.63) is 260 Å². The molecule has 9 aliphatic rings. The summed E-state index contributed by atoms with van der Waals surface area (Å²) in [6.07, 6.45) is 22.0. The predicted molar refractivity (Wildman–Crippen MR) is 463 cm³/mol. The summed E-state index contributed by atoms with van der Waals surface area (Å²) >= 11 is 0. The fourth-order valence-corrected chi connectivity index (χ4v) is 18.7. The Balaban J connectivity index is -0.000000151. The van der Waals surface area contributed by atoms with Gasteiger partial charge in [-0.1, -0.05) is 104 Å². The van der Waals surface area contributed by atoms with Crippen LogP contribution in [0.5, 0.6) is 0 Å². The SMILES string of the molecule is C.C.C[C@H]1c2oncc2C[C@@]2(C)c3nc(-c4ccnc(C5CC5)c4)nc(-c4ccccc4F)c3CC[C@H]12.[3HH].[3H][3H].[3H][3H].[3H][3H].[3H][3H].[3H][3H].[3H][3H].[3H][3H].[3H][3H].[3H][3H].[3H][3H].[3H][3H].[3H][3H].[3H][3H].[3H][3H].[3H][3H].[3H][3H].[3H][3H].[3H][3H].[3H][3H].[3H][3H].[3H][3H].[3H][3H].[3H][3H].[3H][3H].[3H][3H].[3H][3H].[C-]#[N+]C1=C(O)[C@H](C)[C@H]2CCc3c(-c4ccccc4F)nc(-c4ccnc(C5CC5)c4)nc3[C@]2(C)C1.[C-]#[N+]C1=C[C@@]2(C)c3nc(-c4ccnc(C5CC5)c4)nc(-c4ccccc4F)c3CC[C@@H]2[C@@H](C)C1=O. The third kappa shape index (κ3) is 12.5.